The van der Waals surface area contributed by atoms with E-state index in [-0.39, 0.29) is 25.2 Å². The van der Waals surface area contributed by atoms with Gasteiger partial charge in [-0.15, -0.1) is 0 Å². The number of nitrogens with one attached hydrogen (secondary N) is 4. The summed E-state index contributed by atoms with van der Waals surface area (Å²) < 4.78 is 0. The van der Waals surface area contributed by atoms with Crippen LogP contribution in [0, 0.1) is 5.92 Å². The first kappa shape index (κ1) is 27.8. The molecule has 1 aliphatic rings. The number of carbonyl (C=O) groups excluding carboxylic acids is 4. The van der Waals surface area contributed by atoms with Gasteiger partial charge >= 0.3 is 11.9 Å². The minimum atomic E-state index is -1.68. The number of amides is 4. The van der Waals surface area contributed by atoms with Crippen LogP contribution in [0.5, 0.6) is 0 Å². The third kappa shape index (κ3) is 10.3. The quantitative estimate of drug-likeness (QED) is 0.150. The lowest BCUT2D eigenvalue weighted by Crippen LogP contribution is -2.57. The van der Waals surface area contributed by atoms with Gasteiger partial charge in [-0.25, -0.2) is 4.79 Å². The van der Waals surface area contributed by atoms with E-state index in [0.29, 0.717) is 13.0 Å². The van der Waals surface area contributed by atoms with Crippen LogP contribution in [0.1, 0.15) is 52.4 Å². The maximum Gasteiger partial charge on any atom is 0.326 e. The highest BCUT2D eigenvalue weighted by Crippen LogP contribution is 2.09. The van der Waals surface area contributed by atoms with E-state index in [1.165, 1.54) is 0 Å². The number of aliphatic carboxylic acids is 2. The molecule has 1 fully saturated rings. The molecule has 0 bridgehead atoms. The van der Waals surface area contributed by atoms with Crippen LogP contribution < -0.4 is 27.0 Å². The molecule has 13 nitrogen and oxygen atoms in total. The van der Waals surface area contributed by atoms with Crippen molar-refractivity contribution in [3.63, 3.8) is 0 Å². The first-order chi connectivity index (χ1) is 15.4. The SMILES string of the molecule is CC(C)CC(NC(=O)C(CCC(N)=O)NC(=O)C1CCCN1)C(=O)NC(CC(=O)O)C(=O)O. The van der Waals surface area contributed by atoms with Gasteiger partial charge in [-0.1, -0.05) is 13.8 Å². The predicted molar refractivity (Wildman–Crippen MR) is 115 cm³/mol. The lowest BCUT2D eigenvalue weighted by Gasteiger charge is -2.25. The van der Waals surface area contributed by atoms with Crippen molar-refractivity contribution in [1.82, 2.24) is 21.3 Å². The molecule has 4 atom stereocenters. The highest BCUT2D eigenvalue weighted by atomic mass is 16.4. The normalized spacial score (nSPS) is 18.1. The van der Waals surface area contributed by atoms with Crippen LogP contribution in [0.3, 0.4) is 0 Å². The minimum absolute atomic E-state index is 0.0909. The first-order valence-corrected chi connectivity index (χ1v) is 10.8. The van der Waals surface area contributed by atoms with Gasteiger partial charge in [0.05, 0.1) is 12.5 Å². The zero-order valence-electron chi connectivity index (χ0n) is 18.8. The van der Waals surface area contributed by atoms with E-state index < -0.39 is 66.2 Å². The minimum Gasteiger partial charge on any atom is -0.481 e. The maximum absolute atomic E-state index is 12.9. The number of carboxylic acids is 2. The number of rotatable bonds is 14. The molecule has 1 rings (SSSR count). The van der Waals surface area contributed by atoms with E-state index in [9.17, 15) is 28.8 Å². The summed E-state index contributed by atoms with van der Waals surface area (Å²) in [5, 5.41) is 28.2. The monoisotopic (exact) mass is 471 g/mol. The van der Waals surface area contributed by atoms with Crippen molar-refractivity contribution in [2.24, 2.45) is 11.7 Å². The summed E-state index contributed by atoms with van der Waals surface area (Å²) in [5.74, 6) is -5.75. The Bertz CT molecular complexity index is 751. The first-order valence-electron chi connectivity index (χ1n) is 10.8. The largest absolute Gasteiger partial charge is 0.481 e. The topological polar surface area (TPSA) is 217 Å². The van der Waals surface area contributed by atoms with Crippen molar-refractivity contribution in [3.8, 4) is 0 Å². The summed E-state index contributed by atoms with van der Waals surface area (Å²) in [6, 6.07) is -4.49. The van der Waals surface area contributed by atoms with Crippen LogP contribution in [0.2, 0.25) is 0 Å². The molecular weight excluding hydrogens is 438 g/mol. The number of hydrogen-bond acceptors (Lipinski definition) is 7. The fourth-order valence-corrected chi connectivity index (χ4v) is 3.36. The third-order valence-electron chi connectivity index (χ3n) is 5.02. The van der Waals surface area contributed by atoms with E-state index in [2.05, 4.69) is 21.3 Å². The van der Waals surface area contributed by atoms with Crippen LogP contribution in [-0.4, -0.2) is 76.5 Å². The summed E-state index contributed by atoms with van der Waals surface area (Å²) in [6.07, 6.45) is 0.402. The molecule has 1 heterocycles. The fourth-order valence-electron chi connectivity index (χ4n) is 3.36. The highest BCUT2D eigenvalue weighted by molar-refractivity contribution is 5.95. The summed E-state index contributed by atoms with van der Waals surface area (Å²) >= 11 is 0. The Labute approximate surface area is 191 Å². The smallest absolute Gasteiger partial charge is 0.326 e. The Balaban J connectivity index is 2.95. The molecule has 186 valence electrons. The van der Waals surface area contributed by atoms with Gasteiger partial charge in [-0.05, 0) is 38.1 Å². The lowest BCUT2D eigenvalue weighted by atomic mass is 10.0. The number of carbonyl (C=O) groups is 6. The average Bonchev–Trinajstić information content (AvgIpc) is 3.23. The van der Waals surface area contributed by atoms with E-state index in [1.807, 2.05) is 0 Å². The third-order valence-corrected chi connectivity index (χ3v) is 5.02. The molecule has 13 heteroatoms. The molecule has 33 heavy (non-hydrogen) atoms. The molecule has 0 radical (unpaired) electrons. The molecule has 1 saturated heterocycles. The van der Waals surface area contributed by atoms with Gasteiger partial charge in [0.15, 0.2) is 0 Å². The second kappa shape index (κ2) is 13.4. The van der Waals surface area contributed by atoms with Crippen LogP contribution in [0.15, 0.2) is 0 Å². The molecule has 0 aromatic heterocycles. The van der Waals surface area contributed by atoms with Crippen LogP contribution in [-0.2, 0) is 28.8 Å². The summed E-state index contributed by atoms with van der Waals surface area (Å²) in [6.45, 7) is 4.21. The van der Waals surface area contributed by atoms with Gasteiger partial charge in [0, 0.05) is 6.42 Å². The van der Waals surface area contributed by atoms with Gasteiger partial charge in [0.25, 0.3) is 0 Å². The standard InChI is InChI=1S/C20H33N5O8/c1-10(2)8-13(19(31)25-14(20(32)33)9-16(27)28)24-18(30)12(5-6-15(21)26)23-17(29)11-4-3-7-22-11/h10-14,22H,3-9H2,1-2H3,(H2,21,26)(H,23,29)(H,24,30)(H,25,31)(H,27,28)(H,32,33). The molecule has 0 aliphatic carbocycles. The van der Waals surface area contributed by atoms with Crippen molar-refractivity contribution < 1.29 is 39.0 Å². The molecule has 4 amide bonds. The lowest BCUT2D eigenvalue weighted by molar-refractivity contribution is -0.147. The fraction of sp³-hybridized carbons (Fsp3) is 0.700. The second-order valence-electron chi connectivity index (χ2n) is 8.40. The number of carboxylic acid groups (broad SMARTS) is 2. The zero-order chi connectivity index (χ0) is 25.1. The molecule has 1 aliphatic heterocycles. The van der Waals surface area contributed by atoms with E-state index in [0.717, 1.165) is 6.42 Å². The van der Waals surface area contributed by atoms with E-state index in [1.54, 1.807) is 13.8 Å². The molecule has 0 spiro atoms. The van der Waals surface area contributed by atoms with Crippen molar-refractivity contribution >= 4 is 35.6 Å². The Morgan fingerprint density at radius 2 is 1.58 bits per heavy atom. The summed E-state index contributed by atoms with van der Waals surface area (Å²) in [5.41, 5.74) is 5.17. The molecule has 0 aromatic carbocycles. The number of hydrogen-bond donors (Lipinski definition) is 7. The van der Waals surface area contributed by atoms with Gasteiger partial charge in [-0.2, -0.15) is 0 Å². The number of nitrogens with two attached hydrogens (primary N) is 1. The van der Waals surface area contributed by atoms with Crippen molar-refractivity contribution in [2.75, 3.05) is 6.54 Å². The van der Waals surface area contributed by atoms with Crippen molar-refractivity contribution in [2.45, 2.75) is 76.5 Å². The second-order valence-corrected chi connectivity index (χ2v) is 8.40. The summed E-state index contributed by atoms with van der Waals surface area (Å²) in [4.78, 5) is 71.4. The molecular formula is C20H33N5O8. The van der Waals surface area contributed by atoms with Crippen molar-refractivity contribution in [1.29, 1.82) is 0 Å². The zero-order valence-corrected chi connectivity index (χ0v) is 18.8. The number of primary amides is 1. The van der Waals surface area contributed by atoms with Gasteiger partial charge in [-0.3, -0.25) is 24.0 Å². The van der Waals surface area contributed by atoms with Crippen molar-refractivity contribution in [3.05, 3.63) is 0 Å². The van der Waals surface area contributed by atoms with E-state index in [4.69, 9.17) is 15.9 Å². The summed E-state index contributed by atoms with van der Waals surface area (Å²) in [7, 11) is 0. The Hall–Kier alpha value is -3.22. The highest BCUT2D eigenvalue weighted by Gasteiger charge is 2.32. The van der Waals surface area contributed by atoms with Crippen LogP contribution in [0.4, 0.5) is 0 Å². The molecule has 8 N–H and O–H groups in total. The predicted octanol–water partition coefficient (Wildman–Crippen LogP) is -1.94. The average molecular weight is 472 g/mol. The van der Waals surface area contributed by atoms with E-state index >= 15 is 0 Å². The Morgan fingerprint density at radius 1 is 0.970 bits per heavy atom. The maximum atomic E-state index is 12.9. The van der Waals surface area contributed by atoms with Crippen LogP contribution >= 0.6 is 0 Å². The van der Waals surface area contributed by atoms with Gasteiger partial charge in [0.2, 0.25) is 23.6 Å². The Morgan fingerprint density at radius 3 is 2.06 bits per heavy atom. The van der Waals surface area contributed by atoms with Crippen LogP contribution in [0.25, 0.3) is 0 Å². The molecule has 4 unspecified atom stereocenters. The van der Waals surface area contributed by atoms with Gasteiger partial charge < -0.3 is 37.2 Å². The molecule has 0 aromatic rings. The van der Waals surface area contributed by atoms with Gasteiger partial charge in [0.1, 0.15) is 18.1 Å². The molecule has 0 saturated carbocycles. The Kier molecular flexibility index (Phi) is 11.3.